The first kappa shape index (κ1) is 36.6. The molecule has 0 bridgehead atoms. The Hall–Kier alpha value is -8.26. The smallest absolute Gasteiger partial charge is 0.0546 e. The molecular weight excluding hydrogens is 759 g/mol. The lowest BCUT2D eigenvalue weighted by atomic mass is 9.93. The lowest BCUT2D eigenvalue weighted by molar-refractivity contribution is 1.28. The summed E-state index contributed by atoms with van der Waals surface area (Å²) in [6, 6.07) is 91.3. The van der Waals surface area contributed by atoms with Gasteiger partial charge in [0.15, 0.2) is 0 Å². The molecule has 0 heterocycles. The third-order valence-corrected chi connectivity index (χ3v) is 12.8. The fraction of sp³-hybridized carbons (Fsp3) is 0. The van der Waals surface area contributed by atoms with E-state index < -0.39 is 0 Å². The van der Waals surface area contributed by atoms with Crippen LogP contribution in [-0.4, -0.2) is 0 Å². The van der Waals surface area contributed by atoms with E-state index in [0.29, 0.717) is 0 Å². The number of nitrogens with zero attached hydrogens (tertiary/aromatic N) is 1. The third kappa shape index (κ3) is 6.68. The van der Waals surface area contributed by atoms with E-state index in [1.807, 2.05) is 0 Å². The van der Waals surface area contributed by atoms with Crippen molar-refractivity contribution in [1.29, 1.82) is 0 Å². The van der Waals surface area contributed by atoms with Gasteiger partial charge >= 0.3 is 0 Å². The zero-order chi connectivity index (χ0) is 41.7. The van der Waals surface area contributed by atoms with Crippen molar-refractivity contribution in [3.05, 3.63) is 249 Å². The van der Waals surface area contributed by atoms with Gasteiger partial charge in [-0.05, 0) is 147 Å². The average Bonchev–Trinajstić information content (AvgIpc) is 3.36. The first-order valence-corrected chi connectivity index (χ1v) is 21.7. The summed E-state index contributed by atoms with van der Waals surface area (Å²) in [4.78, 5) is 2.45. The van der Waals surface area contributed by atoms with Crippen LogP contribution in [0.25, 0.3) is 98.4 Å². The number of rotatable bonds is 7. The Balaban J connectivity index is 1.05. The van der Waals surface area contributed by atoms with Crippen LogP contribution in [0, 0.1) is 0 Å². The highest BCUT2D eigenvalue weighted by atomic mass is 15.1. The van der Waals surface area contributed by atoms with Crippen LogP contribution in [0.5, 0.6) is 0 Å². The van der Waals surface area contributed by atoms with Crippen molar-refractivity contribution in [3.63, 3.8) is 0 Å². The van der Waals surface area contributed by atoms with Crippen LogP contribution in [0.3, 0.4) is 0 Å². The Morgan fingerprint density at radius 3 is 1.19 bits per heavy atom. The molecule has 0 aliphatic carbocycles. The fourth-order valence-electron chi connectivity index (χ4n) is 9.55. The lowest BCUT2D eigenvalue weighted by Gasteiger charge is -2.29. The number of benzene rings is 12. The van der Waals surface area contributed by atoms with Gasteiger partial charge in [0.05, 0.1) is 5.69 Å². The molecule has 0 aliphatic heterocycles. The Morgan fingerprint density at radius 2 is 0.603 bits per heavy atom. The van der Waals surface area contributed by atoms with Gasteiger partial charge in [-0.25, -0.2) is 0 Å². The predicted molar refractivity (Wildman–Crippen MR) is 270 cm³/mol. The monoisotopic (exact) mass is 799 g/mol. The quantitative estimate of drug-likeness (QED) is 0.145. The molecule has 0 aromatic heterocycles. The summed E-state index contributed by atoms with van der Waals surface area (Å²) >= 11 is 0. The molecule has 12 aromatic rings. The lowest BCUT2D eigenvalue weighted by Crippen LogP contribution is -2.11. The highest BCUT2D eigenvalue weighted by molar-refractivity contribution is 6.14. The van der Waals surface area contributed by atoms with E-state index in [1.165, 1.54) is 87.2 Å². The van der Waals surface area contributed by atoms with Gasteiger partial charge in [0.25, 0.3) is 0 Å². The highest BCUT2D eigenvalue weighted by Crippen LogP contribution is 2.45. The molecule has 12 aromatic carbocycles. The average molecular weight is 800 g/mol. The van der Waals surface area contributed by atoms with E-state index >= 15 is 0 Å². The van der Waals surface area contributed by atoms with Gasteiger partial charge in [0.2, 0.25) is 0 Å². The molecule has 12 rings (SSSR count). The zero-order valence-electron chi connectivity index (χ0n) is 34.6. The summed E-state index contributed by atoms with van der Waals surface area (Å²) in [5.74, 6) is 0. The minimum atomic E-state index is 1.08. The van der Waals surface area contributed by atoms with E-state index in [9.17, 15) is 0 Å². The molecule has 1 heteroatoms. The standard InChI is InChI=1S/C62H41N/c1-4-14-47-37-50(24-21-42(47)11-1)45-27-32-55(33-28-45)63(56-34-29-46(30-35-56)61-40-53-17-7-8-18-57(53)59-19-9-10-20-60(59)61)62-41-52(51-25-22-43-12-2-5-15-48(43)38-51)31-36-58(62)54-26-23-44-13-3-6-16-49(44)39-54/h1-41H. The number of hydrogen-bond acceptors (Lipinski definition) is 1. The van der Waals surface area contributed by atoms with Gasteiger partial charge in [-0.3, -0.25) is 0 Å². The second kappa shape index (κ2) is 15.3. The molecule has 294 valence electrons. The normalized spacial score (nSPS) is 11.5. The molecule has 0 fully saturated rings. The molecule has 0 aliphatic rings. The first-order valence-electron chi connectivity index (χ1n) is 21.7. The van der Waals surface area contributed by atoms with Crippen molar-refractivity contribution in [1.82, 2.24) is 0 Å². The molecule has 0 amide bonds. The van der Waals surface area contributed by atoms with Gasteiger partial charge < -0.3 is 4.90 Å². The van der Waals surface area contributed by atoms with Gasteiger partial charge in [-0.2, -0.15) is 0 Å². The molecule has 63 heavy (non-hydrogen) atoms. The fourth-order valence-corrected chi connectivity index (χ4v) is 9.55. The number of anilines is 3. The van der Waals surface area contributed by atoms with Crippen LogP contribution in [0.1, 0.15) is 0 Å². The Morgan fingerprint density at radius 1 is 0.206 bits per heavy atom. The van der Waals surface area contributed by atoms with Crippen LogP contribution < -0.4 is 4.90 Å². The van der Waals surface area contributed by atoms with E-state index in [2.05, 4.69) is 254 Å². The maximum absolute atomic E-state index is 2.45. The van der Waals surface area contributed by atoms with E-state index in [1.54, 1.807) is 0 Å². The van der Waals surface area contributed by atoms with Crippen molar-refractivity contribution in [3.8, 4) is 44.5 Å². The van der Waals surface area contributed by atoms with Crippen LogP contribution in [0.15, 0.2) is 249 Å². The minimum Gasteiger partial charge on any atom is -0.310 e. The summed E-state index contributed by atoms with van der Waals surface area (Å²) in [6.45, 7) is 0. The van der Waals surface area contributed by atoms with Crippen LogP contribution in [0.4, 0.5) is 17.1 Å². The molecule has 0 radical (unpaired) electrons. The first-order chi connectivity index (χ1) is 31.2. The Labute approximate surface area is 367 Å². The second-order valence-corrected chi connectivity index (χ2v) is 16.5. The maximum Gasteiger partial charge on any atom is 0.0546 e. The van der Waals surface area contributed by atoms with Crippen molar-refractivity contribution >= 4 is 70.9 Å². The summed E-state index contributed by atoms with van der Waals surface area (Å²) in [5.41, 5.74) is 12.8. The number of hydrogen-bond donors (Lipinski definition) is 0. The molecule has 0 spiro atoms. The molecule has 0 saturated carbocycles. The molecule has 0 unspecified atom stereocenters. The van der Waals surface area contributed by atoms with Crippen molar-refractivity contribution < 1.29 is 0 Å². The summed E-state index contributed by atoms with van der Waals surface area (Å²) in [7, 11) is 0. The van der Waals surface area contributed by atoms with Crippen LogP contribution in [0.2, 0.25) is 0 Å². The summed E-state index contributed by atoms with van der Waals surface area (Å²) < 4.78 is 0. The van der Waals surface area contributed by atoms with Gasteiger partial charge in [0, 0.05) is 16.9 Å². The van der Waals surface area contributed by atoms with Crippen molar-refractivity contribution in [2.45, 2.75) is 0 Å². The van der Waals surface area contributed by atoms with Crippen molar-refractivity contribution in [2.75, 3.05) is 4.90 Å². The Bertz CT molecular complexity index is 3670. The van der Waals surface area contributed by atoms with Crippen LogP contribution in [-0.2, 0) is 0 Å². The SMILES string of the molecule is c1ccc2cc(-c3ccc(N(c4ccc(-c5cc6ccccc6c6ccccc56)cc4)c4cc(-c5ccc6ccccc6c5)ccc4-c4ccc5ccccc5c4)cc3)ccc2c1. The highest BCUT2D eigenvalue weighted by Gasteiger charge is 2.20. The molecule has 0 saturated heterocycles. The van der Waals surface area contributed by atoms with E-state index in [0.717, 1.165) is 28.2 Å². The van der Waals surface area contributed by atoms with E-state index in [4.69, 9.17) is 0 Å². The Kier molecular flexibility index (Phi) is 8.90. The maximum atomic E-state index is 2.45. The summed E-state index contributed by atoms with van der Waals surface area (Å²) in [6.07, 6.45) is 0. The van der Waals surface area contributed by atoms with Gasteiger partial charge in [-0.15, -0.1) is 0 Å². The van der Waals surface area contributed by atoms with Crippen molar-refractivity contribution in [2.24, 2.45) is 0 Å². The predicted octanol–water partition coefficient (Wildman–Crippen LogP) is 17.6. The molecule has 1 nitrogen and oxygen atoms in total. The molecular formula is C62H41N. The van der Waals surface area contributed by atoms with E-state index in [-0.39, 0.29) is 0 Å². The zero-order valence-corrected chi connectivity index (χ0v) is 34.6. The third-order valence-electron chi connectivity index (χ3n) is 12.8. The number of fused-ring (bicyclic) bond motifs is 6. The minimum absolute atomic E-state index is 1.08. The molecule has 0 N–H and O–H groups in total. The van der Waals surface area contributed by atoms with Gasteiger partial charge in [-0.1, -0.05) is 194 Å². The molecule has 0 atom stereocenters. The van der Waals surface area contributed by atoms with Crippen LogP contribution >= 0.6 is 0 Å². The largest absolute Gasteiger partial charge is 0.310 e. The second-order valence-electron chi connectivity index (χ2n) is 16.5. The summed E-state index contributed by atoms with van der Waals surface area (Å²) in [5, 5.41) is 12.5. The topological polar surface area (TPSA) is 3.24 Å². The van der Waals surface area contributed by atoms with Gasteiger partial charge in [0.1, 0.15) is 0 Å².